The lowest BCUT2D eigenvalue weighted by atomic mass is 9.97. The molecule has 23 heavy (non-hydrogen) atoms. The SMILES string of the molecule is CSc1nnc(CN2CCCC(c3nc4ccccc4[nH]3)C2)s1. The van der Waals surface area contributed by atoms with E-state index in [0.717, 1.165) is 45.8 Å². The maximum absolute atomic E-state index is 4.78. The smallest absolute Gasteiger partial charge is 0.174 e. The Morgan fingerprint density at radius 1 is 1.35 bits per heavy atom. The number of aromatic nitrogens is 4. The monoisotopic (exact) mass is 345 g/mol. The highest BCUT2D eigenvalue weighted by Gasteiger charge is 2.24. The number of aromatic amines is 1. The van der Waals surface area contributed by atoms with Gasteiger partial charge in [0.1, 0.15) is 10.8 Å². The van der Waals surface area contributed by atoms with Crippen molar-refractivity contribution in [1.29, 1.82) is 0 Å². The molecule has 0 saturated carbocycles. The van der Waals surface area contributed by atoms with Crippen molar-refractivity contribution in [3.63, 3.8) is 0 Å². The molecule has 1 aliphatic rings. The Bertz CT molecular complexity index is 763. The lowest BCUT2D eigenvalue weighted by molar-refractivity contribution is 0.196. The minimum Gasteiger partial charge on any atom is -0.342 e. The number of imidazole rings is 1. The molecule has 4 rings (SSSR count). The van der Waals surface area contributed by atoms with Gasteiger partial charge in [0.15, 0.2) is 4.34 Å². The predicted molar refractivity (Wildman–Crippen MR) is 95.0 cm³/mol. The van der Waals surface area contributed by atoms with E-state index in [1.54, 1.807) is 23.1 Å². The Kier molecular flexibility index (Phi) is 4.33. The van der Waals surface area contributed by atoms with Crippen LogP contribution < -0.4 is 0 Å². The Morgan fingerprint density at radius 3 is 3.09 bits per heavy atom. The lowest BCUT2D eigenvalue weighted by Gasteiger charge is -2.30. The van der Waals surface area contributed by atoms with Crippen LogP contribution in [-0.2, 0) is 6.54 Å². The summed E-state index contributed by atoms with van der Waals surface area (Å²) in [6, 6.07) is 8.26. The van der Waals surface area contributed by atoms with E-state index in [2.05, 4.69) is 38.3 Å². The third kappa shape index (κ3) is 3.27. The first-order valence-corrected chi connectivity index (χ1v) is 9.89. The molecule has 1 aromatic carbocycles. The molecule has 1 unspecified atom stereocenters. The fourth-order valence-corrected chi connectivity index (χ4v) is 4.52. The first-order valence-electron chi connectivity index (χ1n) is 7.85. The molecule has 0 spiro atoms. The van der Waals surface area contributed by atoms with E-state index in [0.29, 0.717) is 5.92 Å². The van der Waals surface area contributed by atoms with Gasteiger partial charge in [-0.05, 0) is 37.8 Å². The normalized spacial score (nSPS) is 19.4. The second-order valence-electron chi connectivity index (χ2n) is 5.88. The number of fused-ring (bicyclic) bond motifs is 1. The van der Waals surface area contributed by atoms with Crippen LogP contribution in [-0.4, -0.2) is 44.4 Å². The molecule has 3 heterocycles. The van der Waals surface area contributed by atoms with Crippen LogP contribution in [0.25, 0.3) is 11.0 Å². The number of hydrogen-bond donors (Lipinski definition) is 1. The van der Waals surface area contributed by atoms with E-state index in [-0.39, 0.29) is 0 Å². The molecule has 1 N–H and O–H groups in total. The largest absolute Gasteiger partial charge is 0.342 e. The van der Waals surface area contributed by atoms with Gasteiger partial charge in [0.25, 0.3) is 0 Å². The number of H-pyrrole nitrogens is 1. The molecule has 0 bridgehead atoms. The van der Waals surface area contributed by atoms with Gasteiger partial charge >= 0.3 is 0 Å². The van der Waals surface area contributed by atoms with Gasteiger partial charge in [-0.1, -0.05) is 35.2 Å². The Balaban J connectivity index is 1.47. The van der Waals surface area contributed by atoms with Crippen LogP contribution in [0.2, 0.25) is 0 Å². The highest BCUT2D eigenvalue weighted by atomic mass is 32.2. The Hall–Kier alpha value is -1.44. The number of benzene rings is 1. The van der Waals surface area contributed by atoms with Crippen LogP contribution in [0.1, 0.15) is 29.6 Å². The minimum atomic E-state index is 0.476. The van der Waals surface area contributed by atoms with Crippen molar-refractivity contribution in [2.24, 2.45) is 0 Å². The molecular weight excluding hydrogens is 326 g/mol. The third-order valence-corrected chi connectivity index (χ3v) is 6.17. The van der Waals surface area contributed by atoms with Gasteiger partial charge in [0, 0.05) is 12.5 Å². The van der Waals surface area contributed by atoms with E-state index in [1.807, 2.05) is 12.3 Å². The van der Waals surface area contributed by atoms with Crippen molar-refractivity contribution in [2.75, 3.05) is 19.3 Å². The van der Waals surface area contributed by atoms with Gasteiger partial charge in [-0.3, -0.25) is 4.90 Å². The predicted octanol–water partition coefficient (Wildman–Crippen LogP) is 3.52. The standard InChI is InChI=1S/C16H19N5S2/c1-22-16-20-19-14(23-16)10-21-8-4-5-11(9-21)15-17-12-6-2-3-7-13(12)18-15/h2-3,6-7,11H,4-5,8-10H2,1H3,(H,17,18). The molecule has 0 radical (unpaired) electrons. The average molecular weight is 345 g/mol. The summed E-state index contributed by atoms with van der Waals surface area (Å²) in [6.45, 7) is 3.06. The summed E-state index contributed by atoms with van der Waals surface area (Å²) >= 11 is 3.37. The molecule has 3 aromatic rings. The topological polar surface area (TPSA) is 57.7 Å². The highest BCUT2D eigenvalue weighted by Crippen LogP contribution is 2.28. The van der Waals surface area contributed by atoms with Crippen LogP contribution in [0.3, 0.4) is 0 Å². The lowest BCUT2D eigenvalue weighted by Crippen LogP contribution is -2.34. The van der Waals surface area contributed by atoms with Crippen molar-refractivity contribution < 1.29 is 0 Å². The average Bonchev–Trinajstić information content (AvgIpc) is 3.21. The van der Waals surface area contributed by atoms with E-state index in [4.69, 9.17) is 4.98 Å². The van der Waals surface area contributed by atoms with Crippen molar-refractivity contribution in [2.45, 2.75) is 29.6 Å². The number of rotatable bonds is 4. The number of nitrogens with one attached hydrogen (secondary N) is 1. The fraction of sp³-hybridized carbons (Fsp3) is 0.438. The molecule has 0 aliphatic carbocycles. The van der Waals surface area contributed by atoms with Crippen molar-refractivity contribution in [3.05, 3.63) is 35.1 Å². The summed E-state index contributed by atoms with van der Waals surface area (Å²) in [7, 11) is 0. The van der Waals surface area contributed by atoms with Crippen molar-refractivity contribution >= 4 is 34.1 Å². The highest BCUT2D eigenvalue weighted by molar-refractivity contribution is 8.00. The molecule has 0 amide bonds. The number of hydrogen-bond acceptors (Lipinski definition) is 6. The summed E-state index contributed by atoms with van der Waals surface area (Å²) in [5.74, 6) is 1.60. The van der Waals surface area contributed by atoms with Crippen LogP contribution in [0.4, 0.5) is 0 Å². The number of nitrogens with zero attached hydrogens (tertiary/aromatic N) is 4. The number of piperidine rings is 1. The van der Waals surface area contributed by atoms with E-state index >= 15 is 0 Å². The number of para-hydroxylation sites is 2. The first-order chi connectivity index (χ1) is 11.3. The minimum absolute atomic E-state index is 0.476. The maximum Gasteiger partial charge on any atom is 0.174 e. The molecular formula is C16H19N5S2. The quantitative estimate of drug-likeness (QED) is 0.733. The summed E-state index contributed by atoms with van der Waals surface area (Å²) in [4.78, 5) is 10.8. The number of likely N-dealkylation sites (tertiary alicyclic amines) is 1. The summed E-state index contributed by atoms with van der Waals surface area (Å²) < 4.78 is 1.05. The second kappa shape index (κ2) is 6.59. The Morgan fingerprint density at radius 2 is 2.26 bits per heavy atom. The van der Waals surface area contributed by atoms with Gasteiger partial charge in [0.2, 0.25) is 0 Å². The van der Waals surface area contributed by atoms with Gasteiger partial charge in [0.05, 0.1) is 17.6 Å². The zero-order valence-electron chi connectivity index (χ0n) is 13.0. The third-order valence-electron chi connectivity index (χ3n) is 4.28. The summed E-state index contributed by atoms with van der Waals surface area (Å²) in [6.07, 6.45) is 4.45. The van der Waals surface area contributed by atoms with E-state index < -0.39 is 0 Å². The zero-order valence-corrected chi connectivity index (χ0v) is 14.7. The van der Waals surface area contributed by atoms with Gasteiger partial charge in [-0.25, -0.2) is 4.98 Å². The second-order valence-corrected chi connectivity index (χ2v) is 7.99. The summed E-state index contributed by atoms with van der Waals surface area (Å²) in [5, 5.41) is 9.60. The zero-order chi connectivity index (χ0) is 15.6. The van der Waals surface area contributed by atoms with Crippen molar-refractivity contribution in [3.8, 4) is 0 Å². The van der Waals surface area contributed by atoms with Crippen LogP contribution in [0, 0.1) is 0 Å². The first kappa shape index (κ1) is 15.1. The van der Waals surface area contributed by atoms with E-state index in [9.17, 15) is 0 Å². The number of thioether (sulfide) groups is 1. The van der Waals surface area contributed by atoms with Crippen LogP contribution in [0.5, 0.6) is 0 Å². The van der Waals surface area contributed by atoms with Gasteiger partial charge < -0.3 is 4.98 Å². The summed E-state index contributed by atoms with van der Waals surface area (Å²) in [5.41, 5.74) is 2.20. The molecule has 1 fully saturated rings. The van der Waals surface area contributed by atoms with E-state index in [1.165, 1.54) is 12.8 Å². The Labute approximate surface area is 143 Å². The molecule has 5 nitrogen and oxygen atoms in total. The molecule has 1 saturated heterocycles. The molecule has 1 atom stereocenters. The maximum atomic E-state index is 4.78. The van der Waals surface area contributed by atoms with Crippen LogP contribution >= 0.6 is 23.1 Å². The van der Waals surface area contributed by atoms with Gasteiger partial charge in [-0.15, -0.1) is 10.2 Å². The fourth-order valence-electron chi connectivity index (χ4n) is 3.16. The van der Waals surface area contributed by atoms with Crippen LogP contribution in [0.15, 0.2) is 28.6 Å². The van der Waals surface area contributed by atoms with Gasteiger partial charge in [-0.2, -0.15) is 0 Å². The molecule has 2 aromatic heterocycles. The molecule has 7 heteroatoms. The van der Waals surface area contributed by atoms with Crippen molar-refractivity contribution in [1.82, 2.24) is 25.1 Å². The molecule has 1 aliphatic heterocycles. The molecule has 120 valence electrons.